The predicted molar refractivity (Wildman–Crippen MR) is 143 cm³/mol. The summed E-state index contributed by atoms with van der Waals surface area (Å²) in [5.74, 6) is 1.19. The van der Waals surface area contributed by atoms with Crippen LogP contribution in [0.5, 0.6) is 0 Å². The van der Waals surface area contributed by atoms with Crippen LogP contribution in [0.2, 0.25) is 0 Å². The van der Waals surface area contributed by atoms with E-state index in [0.29, 0.717) is 12.6 Å². The molecule has 36 heavy (non-hydrogen) atoms. The molecule has 1 atom stereocenters. The Morgan fingerprint density at radius 2 is 1.86 bits per heavy atom. The lowest BCUT2D eigenvalue weighted by Gasteiger charge is -2.34. The van der Waals surface area contributed by atoms with E-state index in [1.807, 2.05) is 24.3 Å². The van der Waals surface area contributed by atoms with Gasteiger partial charge in [0.25, 0.3) is 5.56 Å². The fourth-order valence-corrected chi connectivity index (χ4v) is 5.63. The summed E-state index contributed by atoms with van der Waals surface area (Å²) in [7, 11) is 0. The molecule has 1 aliphatic carbocycles. The zero-order valence-corrected chi connectivity index (χ0v) is 21.5. The highest BCUT2D eigenvalue weighted by atomic mass is 16.1. The summed E-state index contributed by atoms with van der Waals surface area (Å²) in [6.45, 7) is 7.86. The first-order chi connectivity index (χ1) is 17.5. The Hall–Kier alpha value is -3.32. The molecular formula is C29H36N6O. The Morgan fingerprint density at radius 3 is 2.61 bits per heavy atom. The maximum Gasteiger partial charge on any atom is 0.252 e. The maximum absolute atomic E-state index is 13.2. The second-order valence-corrected chi connectivity index (χ2v) is 10.5. The number of tetrazole rings is 1. The second kappa shape index (κ2) is 10.7. The quantitative estimate of drug-likeness (QED) is 0.345. The molecule has 1 aliphatic rings. The largest absolute Gasteiger partial charge is 0.322 e. The minimum Gasteiger partial charge on any atom is -0.322 e. The van der Waals surface area contributed by atoms with E-state index >= 15 is 0 Å². The highest BCUT2D eigenvalue weighted by Gasteiger charge is 2.32. The number of aromatic amines is 1. The van der Waals surface area contributed by atoms with Crippen LogP contribution in [-0.4, -0.2) is 36.6 Å². The zero-order chi connectivity index (χ0) is 25.1. The zero-order valence-electron chi connectivity index (χ0n) is 21.5. The standard InChI is InChI=1S/C29H36N6O/c1-20(2)27(28-31-32-33-35(28)25-11-7-8-12-25)34(16-15-22-9-5-4-6-10-22)19-24-18-23-17-21(3)13-14-26(23)30-29(24)36/h4-6,9-10,13-14,17-18,20,25,27H,7-8,11-12,15-16,19H2,1-3H3,(H,30,36)/t27-/m0/s1. The third-order valence-corrected chi connectivity index (χ3v) is 7.46. The molecule has 2 aromatic heterocycles. The van der Waals surface area contributed by atoms with Gasteiger partial charge >= 0.3 is 0 Å². The van der Waals surface area contributed by atoms with Crippen molar-refractivity contribution >= 4 is 10.9 Å². The number of hydrogen-bond donors (Lipinski definition) is 1. The van der Waals surface area contributed by atoms with Crippen LogP contribution in [0, 0.1) is 12.8 Å². The number of aryl methyl sites for hydroxylation is 1. The number of rotatable bonds is 9. The van der Waals surface area contributed by atoms with Gasteiger partial charge in [0.1, 0.15) is 0 Å². The summed E-state index contributed by atoms with van der Waals surface area (Å²) in [6.07, 6.45) is 5.58. The Kier molecular flexibility index (Phi) is 7.28. The van der Waals surface area contributed by atoms with Crippen molar-refractivity contribution in [2.24, 2.45) is 5.92 Å². The molecule has 0 aliphatic heterocycles. The lowest BCUT2D eigenvalue weighted by molar-refractivity contribution is 0.133. The number of hydrogen-bond acceptors (Lipinski definition) is 5. The number of nitrogens with one attached hydrogen (secondary N) is 1. The molecule has 1 saturated carbocycles. The minimum atomic E-state index is -0.0334. The number of benzene rings is 2. The smallest absolute Gasteiger partial charge is 0.252 e. The molecule has 4 aromatic rings. The molecule has 1 fully saturated rings. The van der Waals surface area contributed by atoms with E-state index in [9.17, 15) is 4.79 Å². The van der Waals surface area contributed by atoms with Gasteiger partial charge in [0.15, 0.2) is 5.82 Å². The van der Waals surface area contributed by atoms with Crippen molar-refractivity contribution in [2.45, 2.75) is 71.5 Å². The summed E-state index contributed by atoms with van der Waals surface area (Å²) in [6, 6.07) is 19.1. The van der Waals surface area contributed by atoms with Crippen LogP contribution >= 0.6 is 0 Å². The van der Waals surface area contributed by atoms with E-state index in [2.05, 4.69) is 81.2 Å². The van der Waals surface area contributed by atoms with Gasteiger partial charge in [-0.1, -0.05) is 68.7 Å². The fourth-order valence-electron chi connectivity index (χ4n) is 5.63. The summed E-state index contributed by atoms with van der Waals surface area (Å²) < 4.78 is 2.07. The summed E-state index contributed by atoms with van der Waals surface area (Å²) in [5.41, 5.74) is 4.07. The van der Waals surface area contributed by atoms with Crippen molar-refractivity contribution in [3.63, 3.8) is 0 Å². The van der Waals surface area contributed by atoms with Gasteiger partial charge in [0, 0.05) is 24.2 Å². The van der Waals surface area contributed by atoms with Crippen LogP contribution in [0.15, 0.2) is 59.4 Å². The summed E-state index contributed by atoms with van der Waals surface area (Å²) in [4.78, 5) is 18.7. The molecule has 2 aromatic carbocycles. The number of fused-ring (bicyclic) bond motifs is 1. The van der Waals surface area contributed by atoms with Gasteiger partial charge in [-0.05, 0) is 71.7 Å². The Morgan fingerprint density at radius 1 is 1.08 bits per heavy atom. The van der Waals surface area contributed by atoms with Gasteiger partial charge in [-0.3, -0.25) is 9.69 Å². The van der Waals surface area contributed by atoms with E-state index in [1.165, 1.54) is 24.0 Å². The van der Waals surface area contributed by atoms with Crippen LogP contribution in [0.4, 0.5) is 0 Å². The van der Waals surface area contributed by atoms with Gasteiger partial charge < -0.3 is 4.98 Å². The molecular weight excluding hydrogens is 448 g/mol. The van der Waals surface area contributed by atoms with Crippen LogP contribution in [0.3, 0.4) is 0 Å². The van der Waals surface area contributed by atoms with Gasteiger partial charge in [-0.25, -0.2) is 4.68 Å². The third-order valence-electron chi connectivity index (χ3n) is 7.46. The van der Waals surface area contributed by atoms with Crippen molar-refractivity contribution in [2.75, 3.05) is 6.54 Å². The lowest BCUT2D eigenvalue weighted by Crippen LogP contribution is -2.37. The number of pyridine rings is 1. The molecule has 2 heterocycles. The molecule has 188 valence electrons. The Balaban J connectivity index is 1.52. The average Bonchev–Trinajstić information content (AvgIpc) is 3.56. The Bertz CT molecular complexity index is 1350. The van der Waals surface area contributed by atoms with Gasteiger partial charge in [-0.15, -0.1) is 5.10 Å². The van der Waals surface area contributed by atoms with Gasteiger partial charge in [0.2, 0.25) is 0 Å². The van der Waals surface area contributed by atoms with Crippen LogP contribution in [0.1, 0.15) is 74.1 Å². The minimum absolute atomic E-state index is 0.00285. The molecule has 0 bridgehead atoms. The normalized spacial score (nSPS) is 15.4. The molecule has 7 heteroatoms. The van der Waals surface area contributed by atoms with Gasteiger partial charge in [-0.2, -0.15) is 0 Å². The highest BCUT2D eigenvalue weighted by molar-refractivity contribution is 5.79. The lowest BCUT2D eigenvalue weighted by atomic mass is 9.99. The van der Waals surface area contributed by atoms with E-state index in [1.54, 1.807) is 0 Å². The van der Waals surface area contributed by atoms with Gasteiger partial charge in [0.05, 0.1) is 12.1 Å². The van der Waals surface area contributed by atoms with Crippen LogP contribution in [-0.2, 0) is 13.0 Å². The van der Waals surface area contributed by atoms with Crippen LogP contribution in [0.25, 0.3) is 10.9 Å². The number of nitrogens with zero attached hydrogens (tertiary/aromatic N) is 5. The fraction of sp³-hybridized carbons (Fsp3) is 0.448. The molecule has 0 spiro atoms. The third kappa shape index (κ3) is 5.26. The van der Waals surface area contributed by atoms with E-state index < -0.39 is 0 Å². The highest BCUT2D eigenvalue weighted by Crippen LogP contribution is 2.34. The molecule has 0 amide bonds. The van der Waals surface area contributed by atoms with Crippen molar-refractivity contribution in [3.05, 3.63) is 87.5 Å². The summed E-state index contributed by atoms with van der Waals surface area (Å²) >= 11 is 0. The molecule has 5 rings (SSSR count). The SMILES string of the molecule is Cc1ccc2[nH]c(=O)c(CN(CCc3ccccc3)[C@H](c3nnnn3C3CCCC3)C(C)C)cc2c1. The number of H-pyrrole nitrogens is 1. The molecule has 1 N–H and O–H groups in total. The van der Waals surface area contributed by atoms with Crippen molar-refractivity contribution in [1.29, 1.82) is 0 Å². The first-order valence-corrected chi connectivity index (χ1v) is 13.2. The first-order valence-electron chi connectivity index (χ1n) is 13.2. The predicted octanol–water partition coefficient (Wildman–Crippen LogP) is 5.38. The van der Waals surface area contributed by atoms with E-state index in [4.69, 9.17) is 0 Å². The molecule has 0 saturated heterocycles. The summed E-state index contributed by atoms with van der Waals surface area (Å²) in [5, 5.41) is 14.2. The number of aromatic nitrogens is 5. The second-order valence-electron chi connectivity index (χ2n) is 10.5. The Labute approximate surface area is 212 Å². The first kappa shape index (κ1) is 24.4. The molecule has 0 radical (unpaired) electrons. The van der Waals surface area contributed by atoms with E-state index in [0.717, 1.165) is 48.1 Å². The topological polar surface area (TPSA) is 79.7 Å². The van der Waals surface area contributed by atoms with Crippen molar-refractivity contribution in [1.82, 2.24) is 30.1 Å². The van der Waals surface area contributed by atoms with Crippen molar-refractivity contribution < 1.29 is 0 Å². The maximum atomic E-state index is 13.2. The average molecular weight is 485 g/mol. The molecule has 0 unspecified atom stereocenters. The van der Waals surface area contributed by atoms with E-state index in [-0.39, 0.29) is 17.5 Å². The monoisotopic (exact) mass is 484 g/mol. The molecule has 7 nitrogen and oxygen atoms in total. The van der Waals surface area contributed by atoms with Crippen LogP contribution < -0.4 is 5.56 Å². The van der Waals surface area contributed by atoms with Crippen molar-refractivity contribution in [3.8, 4) is 0 Å².